The van der Waals surface area contributed by atoms with Crippen molar-refractivity contribution in [2.24, 2.45) is 4.99 Å². The van der Waals surface area contributed by atoms with Gasteiger partial charge in [-0.15, -0.1) is 0 Å². The molecule has 0 amide bonds. The van der Waals surface area contributed by atoms with Crippen molar-refractivity contribution >= 4 is 12.2 Å². The van der Waals surface area contributed by atoms with Crippen LogP contribution in [0.2, 0.25) is 0 Å². The molecule has 3 heterocycles. The Hall–Kier alpha value is -3.28. The van der Waals surface area contributed by atoms with Gasteiger partial charge < -0.3 is 4.74 Å². The van der Waals surface area contributed by atoms with Gasteiger partial charge >= 0.3 is 0 Å². The van der Waals surface area contributed by atoms with Crippen LogP contribution in [0.4, 0.5) is 0 Å². The number of aryl methyl sites for hydroxylation is 2. The molecular weight excluding hydrogens is 400 g/mol. The number of rotatable bonds is 5. The van der Waals surface area contributed by atoms with Crippen molar-refractivity contribution in [1.82, 2.24) is 14.5 Å². The summed E-state index contributed by atoms with van der Waals surface area (Å²) in [5.41, 5.74) is 8.08. The van der Waals surface area contributed by atoms with E-state index in [1.165, 1.54) is 42.6 Å². The molecule has 0 spiro atoms. The van der Waals surface area contributed by atoms with E-state index >= 15 is 0 Å². The summed E-state index contributed by atoms with van der Waals surface area (Å²) in [6.07, 6.45) is 6.44. The molecule has 32 heavy (non-hydrogen) atoms. The number of carbonyl (C=O) groups is 1. The van der Waals surface area contributed by atoms with Crippen molar-refractivity contribution in [3.63, 3.8) is 0 Å². The van der Waals surface area contributed by atoms with E-state index < -0.39 is 0 Å². The molecule has 6 nitrogen and oxygen atoms in total. The zero-order chi connectivity index (χ0) is 22.7. The number of aliphatic imine (C=N–C) groups is 1. The Balaban J connectivity index is 0.000000567. The molecule has 6 heteroatoms. The maximum absolute atomic E-state index is 8.95. The molecule has 5 rings (SSSR count). The Labute approximate surface area is 189 Å². The van der Waals surface area contributed by atoms with Crippen LogP contribution in [0.15, 0.2) is 47.6 Å². The van der Waals surface area contributed by atoms with Crippen LogP contribution in [0.5, 0.6) is 0 Å². The van der Waals surface area contributed by atoms with Crippen LogP contribution in [0.3, 0.4) is 0 Å². The molecule has 2 aliphatic rings. The molecule has 2 aromatic heterocycles. The number of imidazole rings is 1. The van der Waals surface area contributed by atoms with Gasteiger partial charge in [-0.05, 0) is 57.4 Å². The van der Waals surface area contributed by atoms with E-state index in [2.05, 4.69) is 59.3 Å². The highest BCUT2D eigenvalue weighted by atomic mass is 16.5. The fourth-order valence-corrected chi connectivity index (χ4v) is 4.37. The molecule has 166 valence electrons. The second-order valence-electron chi connectivity index (χ2n) is 8.40. The molecule has 0 unspecified atom stereocenters. The summed E-state index contributed by atoms with van der Waals surface area (Å²) in [5, 5.41) is 0. The quantitative estimate of drug-likeness (QED) is 0.519. The summed E-state index contributed by atoms with van der Waals surface area (Å²) in [5.74, 6) is 1.73. The van der Waals surface area contributed by atoms with Crippen LogP contribution in [-0.2, 0) is 9.53 Å². The fourth-order valence-electron chi connectivity index (χ4n) is 4.37. The number of hydrogen-bond donors (Lipinski definition) is 0. The minimum atomic E-state index is 0.0564. The van der Waals surface area contributed by atoms with Crippen LogP contribution in [0.25, 0.3) is 5.69 Å². The lowest BCUT2D eigenvalue weighted by Gasteiger charge is -2.16. The number of methoxy groups -OCH3 is 1. The Bertz CT molecular complexity index is 1130. The van der Waals surface area contributed by atoms with Gasteiger partial charge in [-0.2, -0.15) is 0 Å². The average Bonchev–Trinajstić information content (AvgIpc) is 3.60. The van der Waals surface area contributed by atoms with Crippen LogP contribution in [-0.4, -0.2) is 33.8 Å². The van der Waals surface area contributed by atoms with Gasteiger partial charge in [0.05, 0.1) is 29.9 Å². The summed E-state index contributed by atoms with van der Waals surface area (Å²) < 4.78 is 6.29. The third-order valence-electron chi connectivity index (χ3n) is 5.88. The molecule has 3 aromatic rings. The lowest BCUT2D eigenvalue weighted by molar-refractivity contribution is -0.126. The van der Waals surface area contributed by atoms with Gasteiger partial charge in [0.15, 0.2) is 0 Å². The SMILES string of the molecule is CCC[C@@H]1N=C(c2ccccn2)c2cc(C)ccc2-n2c1nc(C)c2C1CC1.COC=O. The number of aromatic nitrogens is 3. The van der Waals surface area contributed by atoms with E-state index in [0.29, 0.717) is 12.4 Å². The summed E-state index contributed by atoms with van der Waals surface area (Å²) in [4.78, 5) is 23.9. The minimum Gasteiger partial charge on any atom is -0.471 e. The number of benzene rings is 1. The second kappa shape index (κ2) is 9.47. The van der Waals surface area contributed by atoms with Crippen molar-refractivity contribution < 1.29 is 9.53 Å². The highest BCUT2D eigenvalue weighted by molar-refractivity contribution is 6.14. The van der Waals surface area contributed by atoms with Gasteiger partial charge in [-0.25, -0.2) is 4.98 Å². The fraction of sp³-hybridized carbons (Fsp3) is 0.385. The third-order valence-corrected chi connectivity index (χ3v) is 5.88. The molecule has 1 atom stereocenters. The number of pyridine rings is 1. The van der Waals surface area contributed by atoms with E-state index in [-0.39, 0.29) is 6.04 Å². The van der Waals surface area contributed by atoms with Crippen molar-refractivity contribution in [3.8, 4) is 5.69 Å². The highest BCUT2D eigenvalue weighted by Crippen LogP contribution is 2.45. The number of fused-ring (bicyclic) bond motifs is 3. The summed E-state index contributed by atoms with van der Waals surface area (Å²) in [6.45, 7) is 6.90. The van der Waals surface area contributed by atoms with E-state index in [1.807, 2.05) is 18.3 Å². The van der Waals surface area contributed by atoms with Gasteiger partial charge in [0, 0.05) is 23.4 Å². The first-order chi connectivity index (χ1) is 15.6. The van der Waals surface area contributed by atoms with E-state index in [4.69, 9.17) is 14.8 Å². The van der Waals surface area contributed by atoms with Crippen LogP contribution < -0.4 is 0 Å². The predicted octanol–water partition coefficient (Wildman–Crippen LogP) is 5.24. The molecular formula is C26H30N4O2. The molecule has 1 fully saturated rings. The Kier molecular flexibility index (Phi) is 6.49. The normalized spacial score (nSPS) is 16.6. The predicted molar refractivity (Wildman–Crippen MR) is 126 cm³/mol. The third kappa shape index (κ3) is 4.22. The van der Waals surface area contributed by atoms with Crippen LogP contribution in [0, 0.1) is 13.8 Å². The van der Waals surface area contributed by atoms with E-state index in [1.54, 1.807) is 0 Å². The topological polar surface area (TPSA) is 69.4 Å². The number of carbonyl (C=O) groups excluding carboxylic acids is 1. The Morgan fingerprint density at radius 2 is 1.97 bits per heavy atom. The van der Waals surface area contributed by atoms with E-state index in [0.717, 1.165) is 35.6 Å². The smallest absolute Gasteiger partial charge is 0.292 e. The van der Waals surface area contributed by atoms with Crippen molar-refractivity contribution in [1.29, 1.82) is 0 Å². The molecule has 1 saturated carbocycles. The molecule has 1 aliphatic heterocycles. The zero-order valence-corrected chi connectivity index (χ0v) is 19.2. The van der Waals surface area contributed by atoms with Crippen molar-refractivity contribution in [3.05, 3.63) is 76.6 Å². The summed E-state index contributed by atoms with van der Waals surface area (Å²) >= 11 is 0. The van der Waals surface area contributed by atoms with Crippen LogP contribution >= 0.6 is 0 Å². The maximum Gasteiger partial charge on any atom is 0.292 e. The number of ether oxygens (including phenoxy) is 1. The molecule has 1 aromatic carbocycles. The second-order valence-corrected chi connectivity index (χ2v) is 8.40. The minimum absolute atomic E-state index is 0.0564. The first kappa shape index (κ1) is 21.9. The Morgan fingerprint density at radius 1 is 1.19 bits per heavy atom. The highest BCUT2D eigenvalue weighted by Gasteiger charge is 2.35. The standard InChI is InChI=1S/C24H26N4.C2H4O2/c1-4-7-20-24-26-16(3)23(17-10-11-17)28(24)21-12-9-15(2)14-18(21)22(27-20)19-8-5-6-13-25-19;1-4-2-3/h5-6,8-9,12-14,17,20H,4,7,10-11H2,1-3H3;2H,1H3/t20-;/m0./s1. The van der Waals surface area contributed by atoms with Crippen LogP contribution in [0.1, 0.15) is 78.6 Å². The molecule has 1 aliphatic carbocycles. The average molecular weight is 431 g/mol. The molecule has 0 N–H and O–H groups in total. The van der Waals surface area contributed by atoms with Gasteiger partial charge in [0.1, 0.15) is 11.9 Å². The van der Waals surface area contributed by atoms with Crippen molar-refractivity contribution in [2.75, 3.05) is 7.11 Å². The molecule has 0 saturated heterocycles. The largest absolute Gasteiger partial charge is 0.471 e. The lowest BCUT2D eigenvalue weighted by Crippen LogP contribution is -2.10. The van der Waals surface area contributed by atoms with Gasteiger partial charge in [0.2, 0.25) is 0 Å². The molecule has 0 bridgehead atoms. The summed E-state index contributed by atoms with van der Waals surface area (Å²) in [7, 11) is 1.31. The zero-order valence-electron chi connectivity index (χ0n) is 19.2. The maximum atomic E-state index is 8.95. The molecule has 0 radical (unpaired) electrons. The van der Waals surface area contributed by atoms with Gasteiger partial charge in [-0.3, -0.25) is 19.3 Å². The number of nitrogens with zero attached hydrogens (tertiary/aromatic N) is 4. The monoisotopic (exact) mass is 430 g/mol. The van der Waals surface area contributed by atoms with Gasteiger partial charge in [0.25, 0.3) is 6.47 Å². The Morgan fingerprint density at radius 3 is 2.59 bits per heavy atom. The van der Waals surface area contributed by atoms with Crippen molar-refractivity contribution in [2.45, 2.75) is 58.4 Å². The summed E-state index contributed by atoms with van der Waals surface area (Å²) in [6, 6.07) is 12.8. The lowest BCUT2D eigenvalue weighted by atomic mass is 10.0. The van der Waals surface area contributed by atoms with Gasteiger partial charge in [-0.1, -0.05) is 31.0 Å². The van der Waals surface area contributed by atoms with E-state index in [9.17, 15) is 0 Å². The first-order valence-electron chi connectivity index (χ1n) is 11.2. The first-order valence-corrected chi connectivity index (χ1v) is 11.2. The number of hydrogen-bond acceptors (Lipinski definition) is 5.